The molecular formula is C21H26N2O2S. The zero-order chi connectivity index (χ0) is 18.6. The summed E-state index contributed by atoms with van der Waals surface area (Å²) in [5.74, 6) is 0.226. The number of pyridine rings is 1. The Bertz CT molecular complexity index is 805. The summed E-state index contributed by atoms with van der Waals surface area (Å²) in [5, 5.41) is 13.1. The van der Waals surface area contributed by atoms with Crippen LogP contribution >= 0.6 is 11.3 Å². The van der Waals surface area contributed by atoms with Gasteiger partial charge in [-0.15, -0.1) is 11.3 Å². The first-order chi connectivity index (χ1) is 12.3. The van der Waals surface area contributed by atoms with E-state index in [0.717, 1.165) is 17.7 Å². The average molecular weight is 371 g/mol. The average Bonchev–Trinajstić information content (AvgIpc) is 2.99. The molecule has 0 aromatic carbocycles. The number of nitrogens with zero attached hydrogens (tertiary/aromatic N) is 2. The van der Waals surface area contributed by atoms with Crippen molar-refractivity contribution in [1.82, 2.24) is 9.88 Å². The number of piperidine rings is 1. The molecule has 4 rings (SSSR count). The second-order valence-electron chi connectivity index (χ2n) is 8.49. The van der Waals surface area contributed by atoms with Crippen LogP contribution in [0.1, 0.15) is 49.2 Å². The summed E-state index contributed by atoms with van der Waals surface area (Å²) < 4.78 is 0. The van der Waals surface area contributed by atoms with E-state index in [1.807, 2.05) is 30.0 Å². The molecular weight excluding hydrogens is 344 g/mol. The largest absolute Gasteiger partial charge is 0.383 e. The predicted octanol–water partition coefficient (Wildman–Crippen LogP) is 3.63. The van der Waals surface area contributed by atoms with Crippen molar-refractivity contribution in [2.24, 2.45) is 5.41 Å². The molecule has 1 N–H and O–H groups in total. The minimum atomic E-state index is -0.931. The van der Waals surface area contributed by atoms with E-state index >= 15 is 0 Å². The zero-order valence-corrected chi connectivity index (χ0v) is 16.5. The van der Waals surface area contributed by atoms with Crippen molar-refractivity contribution in [2.45, 2.75) is 51.0 Å². The summed E-state index contributed by atoms with van der Waals surface area (Å²) in [6.45, 7) is 7.51. The second kappa shape index (κ2) is 5.89. The van der Waals surface area contributed by atoms with Gasteiger partial charge in [0.1, 0.15) is 5.60 Å². The van der Waals surface area contributed by atoms with Gasteiger partial charge in [-0.3, -0.25) is 9.78 Å². The number of likely N-dealkylation sites (tertiary alicyclic amines) is 1. The van der Waals surface area contributed by atoms with Crippen LogP contribution in [0.4, 0.5) is 0 Å². The maximum atomic E-state index is 13.4. The molecule has 0 radical (unpaired) electrons. The molecule has 2 aromatic heterocycles. The molecule has 26 heavy (non-hydrogen) atoms. The van der Waals surface area contributed by atoms with Crippen molar-refractivity contribution in [1.29, 1.82) is 0 Å². The Balaban J connectivity index is 1.51. The Kier molecular flexibility index (Phi) is 4.01. The van der Waals surface area contributed by atoms with Gasteiger partial charge in [-0.25, -0.2) is 0 Å². The Morgan fingerprint density at radius 1 is 1.23 bits per heavy atom. The summed E-state index contributed by atoms with van der Waals surface area (Å²) in [5.41, 5.74) is 0.494. The van der Waals surface area contributed by atoms with Gasteiger partial charge in [0.2, 0.25) is 5.91 Å². The number of hydrogen-bond donors (Lipinski definition) is 1. The molecule has 5 heteroatoms. The molecule has 1 amide bonds. The van der Waals surface area contributed by atoms with Crippen molar-refractivity contribution < 1.29 is 9.90 Å². The van der Waals surface area contributed by atoms with E-state index in [1.165, 1.54) is 4.88 Å². The zero-order valence-electron chi connectivity index (χ0n) is 15.7. The smallest absolute Gasteiger partial charge is 0.234 e. The molecule has 2 aliphatic rings. The maximum absolute atomic E-state index is 13.4. The van der Waals surface area contributed by atoms with E-state index in [0.29, 0.717) is 25.9 Å². The molecule has 4 nitrogen and oxygen atoms in total. The molecule has 0 spiro atoms. The topological polar surface area (TPSA) is 53.4 Å². The number of aliphatic hydroxyl groups is 1. The van der Waals surface area contributed by atoms with Crippen molar-refractivity contribution in [3.63, 3.8) is 0 Å². The number of rotatable bonds is 3. The lowest BCUT2D eigenvalue weighted by molar-refractivity contribution is -0.139. The lowest BCUT2D eigenvalue weighted by Gasteiger charge is -2.39. The number of thiophene rings is 1. The van der Waals surface area contributed by atoms with Crippen molar-refractivity contribution in [2.75, 3.05) is 13.1 Å². The number of carbonyl (C=O) groups excluding carboxylic acids is 1. The van der Waals surface area contributed by atoms with Gasteiger partial charge < -0.3 is 10.0 Å². The highest BCUT2D eigenvalue weighted by molar-refractivity contribution is 7.10. The Labute approximate surface area is 158 Å². The van der Waals surface area contributed by atoms with E-state index < -0.39 is 5.60 Å². The first-order valence-electron chi connectivity index (χ1n) is 9.27. The predicted molar refractivity (Wildman–Crippen MR) is 103 cm³/mol. The van der Waals surface area contributed by atoms with Crippen molar-refractivity contribution in [3.8, 4) is 0 Å². The van der Waals surface area contributed by atoms with E-state index in [4.69, 9.17) is 0 Å². The lowest BCUT2D eigenvalue weighted by atomic mass is 9.85. The summed E-state index contributed by atoms with van der Waals surface area (Å²) in [6, 6.07) is 8.01. The molecule has 0 bridgehead atoms. The molecule has 0 unspecified atom stereocenters. The summed E-state index contributed by atoms with van der Waals surface area (Å²) in [4.78, 5) is 21.0. The molecule has 1 aliphatic carbocycles. The number of aryl methyl sites for hydroxylation is 1. The third kappa shape index (κ3) is 2.60. The Morgan fingerprint density at radius 2 is 1.92 bits per heavy atom. The summed E-state index contributed by atoms with van der Waals surface area (Å²) in [6.07, 6.45) is 3.77. The molecule has 1 saturated heterocycles. The highest BCUT2D eigenvalue weighted by Crippen LogP contribution is 2.66. The van der Waals surface area contributed by atoms with Gasteiger partial charge in [0.05, 0.1) is 11.1 Å². The van der Waals surface area contributed by atoms with Gasteiger partial charge in [0.15, 0.2) is 0 Å². The van der Waals surface area contributed by atoms with Gasteiger partial charge in [-0.05, 0) is 54.7 Å². The van der Waals surface area contributed by atoms with Crippen molar-refractivity contribution >= 4 is 17.2 Å². The Morgan fingerprint density at radius 3 is 2.42 bits per heavy atom. The molecule has 2 aromatic rings. The molecule has 1 saturated carbocycles. The van der Waals surface area contributed by atoms with Gasteiger partial charge in [-0.2, -0.15) is 0 Å². The van der Waals surface area contributed by atoms with Crippen LogP contribution in [0.25, 0.3) is 0 Å². The third-order valence-corrected chi connectivity index (χ3v) is 7.34. The normalized spacial score (nSPS) is 26.5. The first-order valence-corrected chi connectivity index (χ1v) is 10.2. The van der Waals surface area contributed by atoms with Gasteiger partial charge in [-0.1, -0.05) is 26.0 Å². The van der Waals surface area contributed by atoms with Crippen LogP contribution in [0, 0.1) is 12.3 Å². The van der Waals surface area contributed by atoms with E-state index in [9.17, 15) is 9.90 Å². The van der Waals surface area contributed by atoms with E-state index in [1.54, 1.807) is 17.5 Å². The van der Waals surface area contributed by atoms with E-state index in [-0.39, 0.29) is 16.7 Å². The van der Waals surface area contributed by atoms with Crippen LogP contribution in [-0.2, 0) is 15.8 Å². The standard InChI is InChI=1S/C21H26N2O2S/c1-15-6-7-16(22-13-15)20(25)8-10-23(11-9-20)18(24)21(14-19(21,2)3)17-5-4-12-26-17/h4-7,12-13,25H,8-11,14H2,1-3H3/t21-/m0/s1. The third-order valence-electron chi connectivity index (χ3n) is 6.31. The van der Waals surface area contributed by atoms with Crippen LogP contribution in [-0.4, -0.2) is 34.0 Å². The fourth-order valence-electron chi connectivity index (χ4n) is 4.38. The summed E-state index contributed by atoms with van der Waals surface area (Å²) >= 11 is 1.68. The monoisotopic (exact) mass is 370 g/mol. The quantitative estimate of drug-likeness (QED) is 0.898. The lowest BCUT2D eigenvalue weighted by Crippen LogP contribution is -2.49. The van der Waals surface area contributed by atoms with Crippen molar-refractivity contribution in [3.05, 3.63) is 52.0 Å². The number of amides is 1. The van der Waals surface area contributed by atoms with Crippen LogP contribution in [0.3, 0.4) is 0 Å². The molecule has 138 valence electrons. The first kappa shape index (κ1) is 17.7. The SMILES string of the molecule is Cc1ccc(C2(O)CCN(C(=O)[C@@]3(c4cccs4)CC3(C)C)CC2)nc1. The number of hydrogen-bond acceptors (Lipinski definition) is 4. The van der Waals surface area contributed by atoms with Gasteiger partial charge in [0.25, 0.3) is 0 Å². The minimum Gasteiger partial charge on any atom is -0.383 e. The van der Waals surface area contributed by atoms with Gasteiger partial charge in [0, 0.05) is 24.2 Å². The van der Waals surface area contributed by atoms with Crippen LogP contribution in [0.5, 0.6) is 0 Å². The van der Waals surface area contributed by atoms with E-state index in [2.05, 4.69) is 30.3 Å². The fraction of sp³-hybridized carbons (Fsp3) is 0.524. The molecule has 2 fully saturated rings. The molecule has 1 atom stereocenters. The second-order valence-corrected chi connectivity index (χ2v) is 9.44. The summed E-state index contributed by atoms with van der Waals surface area (Å²) in [7, 11) is 0. The van der Waals surface area contributed by atoms with Gasteiger partial charge >= 0.3 is 0 Å². The molecule has 1 aliphatic heterocycles. The fourth-order valence-corrected chi connectivity index (χ4v) is 5.48. The number of aromatic nitrogens is 1. The van der Waals surface area contributed by atoms with Crippen LogP contribution < -0.4 is 0 Å². The Hall–Kier alpha value is -1.72. The van der Waals surface area contributed by atoms with Crippen LogP contribution in [0.2, 0.25) is 0 Å². The maximum Gasteiger partial charge on any atom is 0.234 e. The molecule has 3 heterocycles. The highest BCUT2D eigenvalue weighted by atomic mass is 32.1. The highest BCUT2D eigenvalue weighted by Gasteiger charge is 2.68. The minimum absolute atomic E-state index is 0.00119. The number of carbonyl (C=O) groups is 1. The van der Waals surface area contributed by atoms with Crippen LogP contribution in [0.15, 0.2) is 35.8 Å².